The number of nitrogens with two attached hydrogens (primary N) is 1. The van der Waals surface area contributed by atoms with E-state index in [1.807, 2.05) is 30.3 Å². The van der Waals surface area contributed by atoms with Gasteiger partial charge in [-0.25, -0.2) is 10.8 Å². The third-order valence-corrected chi connectivity index (χ3v) is 4.96. The highest BCUT2D eigenvalue weighted by Crippen LogP contribution is 2.31. The van der Waals surface area contributed by atoms with Crippen molar-refractivity contribution in [2.45, 2.75) is 6.54 Å². The molecule has 3 N–H and O–H groups in total. The topological polar surface area (TPSA) is 72.9 Å². The van der Waals surface area contributed by atoms with Gasteiger partial charge in [-0.2, -0.15) is 0 Å². The fourth-order valence-electron chi connectivity index (χ4n) is 3.15. The van der Waals surface area contributed by atoms with Gasteiger partial charge in [0.15, 0.2) is 0 Å². The molecule has 0 fully saturated rings. The first-order valence-electron chi connectivity index (χ1n) is 7.90. The standard InChI is InChI=1S/C19H14Cl2N4O/c20-12-5-6-15(21)11(7-12)10-25-17-4-2-1-3-13(17)14-8-16(19(26)24-22)23-9-18(14)25/h1-9H,10,22H2,(H,24,26). The third kappa shape index (κ3) is 2.80. The summed E-state index contributed by atoms with van der Waals surface area (Å²) < 4.78 is 2.11. The third-order valence-electron chi connectivity index (χ3n) is 4.36. The molecule has 26 heavy (non-hydrogen) atoms. The van der Waals surface area contributed by atoms with Crippen LogP contribution in [0.4, 0.5) is 0 Å². The Kier molecular flexibility index (Phi) is 4.28. The number of hydrogen-bond acceptors (Lipinski definition) is 3. The number of nitrogens with zero attached hydrogens (tertiary/aromatic N) is 2. The molecule has 4 aromatic rings. The molecule has 0 bridgehead atoms. The lowest BCUT2D eigenvalue weighted by Crippen LogP contribution is -2.30. The van der Waals surface area contributed by atoms with Crippen molar-refractivity contribution in [3.63, 3.8) is 0 Å². The first-order chi connectivity index (χ1) is 12.6. The molecule has 0 aliphatic carbocycles. The fourth-order valence-corrected chi connectivity index (χ4v) is 3.52. The Bertz CT molecular complexity index is 1150. The van der Waals surface area contributed by atoms with Crippen LogP contribution in [0.3, 0.4) is 0 Å². The molecule has 2 aromatic carbocycles. The van der Waals surface area contributed by atoms with E-state index in [0.717, 1.165) is 27.4 Å². The van der Waals surface area contributed by atoms with E-state index in [9.17, 15) is 4.79 Å². The SMILES string of the molecule is NNC(=O)c1cc2c3ccccc3n(Cc3cc(Cl)ccc3Cl)c2cn1. The molecule has 2 aromatic heterocycles. The van der Waals surface area contributed by atoms with Crippen LogP contribution in [0, 0.1) is 0 Å². The van der Waals surface area contributed by atoms with Gasteiger partial charge >= 0.3 is 0 Å². The number of nitrogens with one attached hydrogen (secondary N) is 1. The minimum absolute atomic E-state index is 0.267. The van der Waals surface area contributed by atoms with Crippen LogP contribution >= 0.6 is 23.2 Å². The Morgan fingerprint density at radius 2 is 1.88 bits per heavy atom. The van der Waals surface area contributed by atoms with Crippen LogP contribution in [0.2, 0.25) is 10.0 Å². The average molecular weight is 385 g/mol. The molecule has 0 unspecified atom stereocenters. The number of carbonyl (C=O) groups excluding carboxylic acids is 1. The van der Waals surface area contributed by atoms with Crippen molar-refractivity contribution in [3.8, 4) is 0 Å². The van der Waals surface area contributed by atoms with E-state index in [4.69, 9.17) is 29.0 Å². The molecule has 0 aliphatic rings. The maximum atomic E-state index is 11.8. The van der Waals surface area contributed by atoms with Crippen molar-refractivity contribution in [2.75, 3.05) is 0 Å². The Labute approximate surface area is 159 Å². The Balaban J connectivity index is 1.95. The molecule has 0 atom stereocenters. The first kappa shape index (κ1) is 16.8. The number of hydrogen-bond donors (Lipinski definition) is 2. The zero-order valence-electron chi connectivity index (χ0n) is 13.5. The van der Waals surface area contributed by atoms with Gasteiger partial charge in [0.1, 0.15) is 5.69 Å². The maximum Gasteiger partial charge on any atom is 0.283 e. The number of halogens is 2. The second kappa shape index (κ2) is 6.61. The summed E-state index contributed by atoms with van der Waals surface area (Å²) in [5, 5.41) is 3.22. The monoisotopic (exact) mass is 384 g/mol. The van der Waals surface area contributed by atoms with Gasteiger partial charge in [-0.3, -0.25) is 10.2 Å². The number of hydrazine groups is 1. The van der Waals surface area contributed by atoms with Crippen LogP contribution in [0.25, 0.3) is 21.8 Å². The number of benzene rings is 2. The molecule has 4 rings (SSSR count). The molecule has 0 saturated heterocycles. The van der Waals surface area contributed by atoms with E-state index in [0.29, 0.717) is 16.6 Å². The van der Waals surface area contributed by atoms with E-state index in [-0.39, 0.29) is 5.69 Å². The number of carbonyl (C=O) groups is 1. The van der Waals surface area contributed by atoms with Crippen LogP contribution in [0.15, 0.2) is 54.7 Å². The highest BCUT2D eigenvalue weighted by Gasteiger charge is 2.15. The number of nitrogen functional groups attached to an aromatic ring is 1. The predicted octanol–water partition coefficient (Wildman–Crippen LogP) is 4.15. The lowest BCUT2D eigenvalue weighted by atomic mass is 10.1. The van der Waals surface area contributed by atoms with Crippen LogP contribution in [-0.2, 0) is 6.54 Å². The number of fused-ring (bicyclic) bond motifs is 3. The molecular weight excluding hydrogens is 371 g/mol. The van der Waals surface area contributed by atoms with Crippen LogP contribution in [0.5, 0.6) is 0 Å². The molecule has 0 radical (unpaired) electrons. The van der Waals surface area contributed by atoms with Gasteiger partial charge in [0.25, 0.3) is 5.91 Å². The Morgan fingerprint density at radius 1 is 1.08 bits per heavy atom. The van der Waals surface area contributed by atoms with Crippen LogP contribution in [-0.4, -0.2) is 15.5 Å². The number of aromatic nitrogens is 2. The largest absolute Gasteiger partial charge is 0.335 e. The van der Waals surface area contributed by atoms with Crippen LogP contribution < -0.4 is 11.3 Å². The zero-order valence-corrected chi connectivity index (χ0v) is 15.1. The molecule has 0 aliphatic heterocycles. The molecule has 0 saturated carbocycles. The predicted molar refractivity (Wildman–Crippen MR) is 104 cm³/mol. The number of pyridine rings is 1. The van der Waals surface area contributed by atoms with Crippen molar-refractivity contribution in [2.24, 2.45) is 5.84 Å². The van der Waals surface area contributed by atoms with Crippen molar-refractivity contribution in [1.29, 1.82) is 0 Å². The Hall–Kier alpha value is -2.60. The highest BCUT2D eigenvalue weighted by atomic mass is 35.5. The summed E-state index contributed by atoms with van der Waals surface area (Å²) in [5.74, 6) is 4.80. The summed E-state index contributed by atoms with van der Waals surface area (Å²) in [6, 6.07) is 15.1. The molecule has 7 heteroatoms. The average Bonchev–Trinajstić information content (AvgIpc) is 2.97. The normalized spacial score (nSPS) is 11.2. The van der Waals surface area contributed by atoms with Crippen molar-refractivity contribution >= 4 is 50.9 Å². The second-order valence-corrected chi connectivity index (χ2v) is 6.74. The van der Waals surface area contributed by atoms with Gasteiger partial charge in [0.2, 0.25) is 0 Å². The molecule has 130 valence electrons. The van der Waals surface area contributed by atoms with Gasteiger partial charge in [0, 0.05) is 32.9 Å². The lowest BCUT2D eigenvalue weighted by Gasteiger charge is -2.10. The minimum Gasteiger partial charge on any atom is -0.335 e. The summed E-state index contributed by atoms with van der Waals surface area (Å²) >= 11 is 12.5. The maximum absolute atomic E-state index is 11.8. The minimum atomic E-state index is -0.429. The fraction of sp³-hybridized carbons (Fsp3) is 0.0526. The van der Waals surface area contributed by atoms with E-state index in [2.05, 4.69) is 15.0 Å². The van der Waals surface area contributed by atoms with Crippen molar-refractivity contribution in [1.82, 2.24) is 15.0 Å². The summed E-state index contributed by atoms with van der Waals surface area (Å²) in [6.45, 7) is 0.535. The second-order valence-electron chi connectivity index (χ2n) is 5.90. The van der Waals surface area contributed by atoms with Gasteiger partial charge in [-0.15, -0.1) is 0 Å². The molecule has 2 heterocycles. The highest BCUT2D eigenvalue weighted by molar-refractivity contribution is 6.33. The first-order valence-corrected chi connectivity index (χ1v) is 8.66. The van der Waals surface area contributed by atoms with Crippen molar-refractivity contribution in [3.05, 3.63) is 76.0 Å². The zero-order chi connectivity index (χ0) is 18.3. The molecule has 1 amide bonds. The smallest absolute Gasteiger partial charge is 0.283 e. The van der Waals surface area contributed by atoms with E-state index >= 15 is 0 Å². The van der Waals surface area contributed by atoms with Gasteiger partial charge < -0.3 is 4.57 Å². The van der Waals surface area contributed by atoms with Gasteiger partial charge in [-0.1, -0.05) is 41.4 Å². The number of para-hydroxylation sites is 1. The van der Waals surface area contributed by atoms with Gasteiger partial charge in [0.05, 0.1) is 11.7 Å². The Morgan fingerprint density at radius 3 is 2.69 bits per heavy atom. The van der Waals surface area contributed by atoms with E-state index < -0.39 is 5.91 Å². The molecule has 5 nitrogen and oxygen atoms in total. The molecular formula is C19H14Cl2N4O. The molecule has 0 spiro atoms. The van der Waals surface area contributed by atoms with Crippen LogP contribution in [0.1, 0.15) is 16.1 Å². The summed E-state index contributed by atoms with van der Waals surface area (Å²) in [7, 11) is 0. The van der Waals surface area contributed by atoms with Gasteiger partial charge in [-0.05, 0) is 35.9 Å². The number of amides is 1. The van der Waals surface area contributed by atoms with Crippen molar-refractivity contribution < 1.29 is 4.79 Å². The summed E-state index contributed by atoms with van der Waals surface area (Å²) in [5.41, 5.74) is 5.21. The van der Waals surface area contributed by atoms with E-state index in [1.165, 1.54) is 0 Å². The van der Waals surface area contributed by atoms with E-state index in [1.54, 1.807) is 24.4 Å². The lowest BCUT2D eigenvalue weighted by molar-refractivity contribution is 0.0949. The summed E-state index contributed by atoms with van der Waals surface area (Å²) in [4.78, 5) is 16.1. The quantitative estimate of drug-likeness (QED) is 0.316. The summed E-state index contributed by atoms with van der Waals surface area (Å²) in [6.07, 6.45) is 1.68. The number of rotatable bonds is 3.